The number of cyclic esters (lactones) is 2. The van der Waals surface area contributed by atoms with Gasteiger partial charge in [0.2, 0.25) is 11.6 Å². The topological polar surface area (TPSA) is 311 Å². The first-order valence-corrected chi connectivity index (χ1v) is 38.0. The smallest absolute Gasteiger partial charge is 0.342 e. The van der Waals surface area contributed by atoms with Gasteiger partial charge in [0.05, 0.1) is 24.2 Å². The fraction of sp³-hybridized carbons (Fsp3) is 0.704. The molecular formula is C81H113NO22. The number of amides is 1. The maximum atomic E-state index is 14.7. The number of hydrogen-bond acceptors (Lipinski definition) is 22. The van der Waals surface area contributed by atoms with Crippen LogP contribution in [0.15, 0.2) is 69.4 Å². The van der Waals surface area contributed by atoms with E-state index in [1.807, 2.05) is 65.0 Å². The first kappa shape index (κ1) is 81.3. The Hall–Kier alpha value is -6.76. The standard InChI is InChI=1S/C81H113NO22/c1-45-23-17-16-18-24-46(2)60(96-12)40-55-31-28-51(7)81(94,104-55)75(90)76(91)82-36-22-21-25-58(82)78(93)101-61(41-59(84)47(3)38-50(6)71(88)74(97-13)70(87)49(5)37-45)48(4)39-53-29-32-54(33-30-53)100-65(85)26-19-14-15-20-27-66(86)102-63-35-34-57-67-69(62(99-52(8)83)42-79(57,63)9)80(10)64(44-95-11)103-77(92)56-43-98-73(68(56)80)72(67)89/h16-18,23-24,38,43,45,47-49,51,53-55,57-58,60-64,71,74,88,94H,14-15,19-22,25-37,39-42,44H2,1-13H3/b18-16+,23-17+,46-24+,50-38+/t45-,47-,48+,49-,51-,53?,54?,55+,57?,58+,60+,61+,62-,63+,64-,71-,74+,79+,80+,81-/m1/s1. The number of carbonyl (C=O) groups is 10. The lowest BCUT2D eigenvalue weighted by Crippen LogP contribution is -2.61. The summed E-state index contributed by atoms with van der Waals surface area (Å²) >= 11 is 0. The molecule has 1 aromatic rings. The SMILES string of the molecule is COC[C@H]1OC(=O)c2coc3c2[C@@]1(C)C1=C(C3=O)C2CC[C@H](OC(=O)CCCCCCC(=O)OC3CCC(C[C@H](C)[C@@H]4CC(=O)[C@H](C)/C=C(\C)[C@@H](O)[C@@H](OC)C(=O)[C@H](C)C[C@H](C)/C=C/C=C/C=C(\C)[C@@H](OC)C[C@@H]5CC[C@@H](C)[C@@](O)(O5)C(=O)C(=O)N5CCCC[C@H]5C(=O)O4)CC3)[C@@]2(C)C[C@H]1OC(C)=O. The summed E-state index contributed by atoms with van der Waals surface area (Å²) in [6.45, 7) is 17.8. The molecule has 2 saturated heterocycles. The van der Waals surface area contributed by atoms with Gasteiger partial charge < -0.3 is 62.2 Å². The van der Waals surface area contributed by atoms with Crippen molar-refractivity contribution >= 4 is 58.9 Å². The van der Waals surface area contributed by atoms with Crippen molar-refractivity contribution in [3.05, 3.63) is 81.9 Å². The van der Waals surface area contributed by atoms with Gasteiger partial charge in [-0.05, 0) is 164 Å². The molecule has 1 aromatic heterocycles. The first-order valence-electron chi connectivity index (χ1n) is 38.0. The van der Waals surface area contributed by atoms with Gasteiger partial charge in [0.15, 0.2) is 11.5 Å². The number of aliphatic hydroxyl groups is 2. The van der Waals surface area contributed by atoms with Gasteiger partial charge >= 0.3 is 29.8 Å². The highest BCUT2D eigenvalue weighted by Gasteiger charge is 2.65. The number of furan rings is 1. The second-order valence-corrected chi connectivity index (χ2v) is 31.6. The number of fused-ring (bicyclic) bond motifs is 6. The van der Waals surface area contributed by atoms with Crippen LogP contribution in [0.5, 0.6) is 0 Å². The fourth-order valence-electron chi connectivity index (χ4n) is 17.9. The van der Waals surface area contributed by atoms with Gasteiger partial charge in [-0.3, -0.25) is 38.4 Å². The molecule has 5 heterocycles. The number of ether oxygens (including phenoxy) is 9. The third-order valence-corrected chi connectivity index (χ3v) is 24.1. The Morgan fingerprint density at radius 3 is 2.14 bits per heavy atom. The summed E-state index contributed by atoms with van der Waals surface area (Å²) in [5.41, 5.74) is 0.861. The van der Waals surface area contributed by atoms with Gasteiger partial charge in [-0.15, -0.1) is 0 Å². The molecule has 23 heteroatoms. The van der Waals surface area contributed by atoms with E-state index in [0.29, 0.717) is 125 Å². The second-order valence-electron chi connectivity index (χ2n) is 31.6. The monoisotopic (exact) mass is 1450 g/mol. The lowest BCUT2D eigenvalue weighted by atomic mass is 9.54. The minimum Gasteiger partial charge on any atom is -0.462 e. The predicted octanol–water partition coefficient (Wildman–Crippen LogP) is 11.3. The number of methoxy groups -OCH3 is 3. The lowest BCUT2D eigenvalue weighted by molar-refractivity contribution is -0.265. The van der Waals surface area contributed by atoms with Crippen LogP contribution in [-0.4, -0.2) is 175 Å². The molecule has 104 heavy (non-hydrogen) atoms. The summed E-state index contributed by atoms with van der Waals surface area (Å²) in [7, 11) is 4.43. The number of piperidine rings is 1. The third kappa shape index (κ3) is 17.9. The molecule has 1 amide bonds. The van der Waals surface area contributed by atoms with Gasteiger partial charge in [-0.2, -0.15) is 0 Å². The summed E-state index contributed by atoms with van der Waals surface area (Å²) in [5.74, 6) is -11.0. The van der Waals surface area contributed by atoms with Crippen molar-refractivity contribution in [2.45, 2.75) is 283 Å². The molecule has 2 saturated carbocycles. The highest BCUT2D eigenvalue weighted by atomic mass is 16.6. The minimum absolute atomic E-state index is 0.0139. The molecule has 18 atom stereocenters. The van der Waals surface area contributed by atoms with Gasteiger partial charge in [-0.1, -0.05) is 90.8 Å². The second kappa shape index (κ2) is 35.3. The molecule has 8 aliphatic rings. The summed E-state index contributed by atoms with van der Waals surface area (Å²) in [5, 5.41) is 23.8. The number of esters is 5. The molecule has 2 bridgehead atoms. The predicted molar refractivity (Wildman–Crippen MR) is 380 cm³/mol. The van der Waals surface area contributed by atoms with Crippen molar-refractivity contribution in [1.29, 1.82) is 0 Å². The van der Waals surface area contributed by atoms with Crippen LogP contribution < -0.4 is 0 Å². The molecule has 2 N–H and O–H groups in total. The summed E-state index contributed by atoms with van der Waals surface area (Å²) in [4.78, 5) is 141. The number of carbonyl (C=O) groups excluding carboxylic acids is 10. The quantitative estimate of drug-likeness (QED) is 0.0481. The summed E-state index contributed by atoms with van der Waals surface area (Å²) in [6, 6.07) is -1.20. The maximum absolute atomic E-state index is 14.7. The molecule has 0 spiro atoms. The van der Waals surface area contributed by atoms with Crippen molar-refractivity contribution in [3.8, 4) is 0 Å². The van der Waals surface area contributed by atoms with Crippen LogP contribution in [0, 0.1) is 46.8 Å². The van der Waals surface area contributed by atoms with E-state index in [4.69, 9.17) is 47.0 Å². The Morgan fingerprint density at radius 2 is 1.47 bits per heavy atom. The van der Waals surface area contributed by atoms with Crippen LogP contribution in [-0.2, 0) is 86.4 Å². The largest absolute Gasteiger partial charge is 0.462 e. The van der Waals surface area contributed by atoms with E-state index >= 15 is 0 Å². The summed E-state index contributed by atoms with van der Waals surface area (Å²) < 4.78 is 59.7. The Balaban J connectivity index is 0.792. The number of unbranched alkanes of at least 4 members (excludes halogenated alkanes) is 3. The van der Waals surface area contributed by atoms with E-state index in [0.717, 1.165) is 5.57 Å². The molecular weight excluding hydrogens is 1340 g/mol. The average Bonchev–Trinajstić information content (AvgIpc) is 1.48. The van der Waals surface area contributed by atoms with E-state index in [1.54, 1.807) is 40.9 Å². The maximum Gasteiger partial charge on any atom is 0.342 e. The van der Waals surface area contributed by atoms with Crippen molar-refractivity contribution in [2.75, 3.05) is 34.5 Å². The molecule has 4 aliphatic heterocycles. The zero-order valence-corrected chi connectivity index (χ0v) is 63.3. The van der Waals surface area contributed by atoms with Gasteiger partial charge in [0.1, 0.15) is 66.4 Å². The van der Waals surface area contributed by atoms with Crippen LogP contribution in [0.2, 0.25) is 0 Å². The number of aliphatic hydroxyl groups excluding tert-OH is 1. The first-order chi connectivity index (χ1) is 49.4. The highest BCUT2D eigenvalue weighted by Crippen LogP contribution is 2.63. The third-order valence-electron chi connectivity index (χ3n) is 24.1. The van der Waals surface area contributed by atoms with Crippen molar-refractivity contribution in [1.82, 2.24) is 4.90 Å². The van der Waals surface area contributed by atoms with Crippen LogP contribution in [0.25, 0.3) is 0 Å². The van der Waals surface area contributed by atoms with Crippen LogP contribution in [0.1, 0.15) is 237 Å². The highest BCUT2D eigenvalue weighted by molar-refractivity contribution is 6.39. The number of allylic oxidation sites excluding steroid dienone is 7. The Labute approximate surface area is 612 Å². The zero-order valence-electron chi connectivity index (χ0n) is 63.3. The van der Waals surface area contributed by atoms with Crippen molar-refractivity contribution in [3.63, 3.8) is 0 Å². The Bertz CT molecular complexity index is 3490. The van der Waals surface area contributed by atoms with Crippen LogP contribution in [0.4, 0.5) is 0 Å². The van der Waals surface area contributed by atoms with E-state index in [1.165, 1.54) is 32.3 Å². The van der Waals surface area contributed by atoms with E-state index < -0.39 is 125 Å². The molecule has 0 aromatic carbocycles. The van der Waals surface area contributed by atoms with Crippen LogP contribution in [0.3, 0.4) is 0 Å². The molecule has 574 valence electrons. The number of ketones is 4. The lowest BCUT2D eigenvalue weighted by Gasteiger charge is -2.52. The van der Waals surface area contributed by atoms with Gasteiger partial charge in [0, 0.05) is 94.8 Å². The fourth-order valence-corrected chi connectivity index (χ4v) is 17.9. The van der Waals surface area contributed by atoms with Gasteiger partial charge in [0.25, 0.3) is 11.7 Å². The molecule has 23 nitrogen and oxygen atoms in total. The number of Topliss-reactive ketones (excluding diaryl/α,β-unsaturated/α-hetero) is 4. The zero-order chi connectivity index (χ0) is 75.7. The number of hydrogen-bond donors (Lipinski definition) is 2. The van der Waals surface area contributed by atoms with Gasteiger partial charge in [-0.25, -0.2) is 9.59 Å². The molecule has 1 unspecified atom stereocenters. The number of nitrogens with zero attached hydrogens (tertiary/aromatic N) is 1. The van der Waals surface area contributed by atoms with E-state index in [9.17, 15) is 58.2 Å². The average molecular weight is 1450 g/mol. The molecule has 4 fully saturated rings. The molecule has 9 rings (SSSR count). The molecule has 4 aliphatic carbocycles. The van der Waals surface area contributed by atoms with Crippen molar-refractivity contribution < 1.29 is 105 Å². The normalized spacial score (nSPS) is 36.9. The minimum atomic E-state index is -2.48. The Kier molecular flexibility index (Phi) is 27.6. The Morgan fingerprint density at radius 1 is 0.769 bits per heavy atom. The number of rotatable bonds is 17. The van der Waals surface area contributed by atoms with Crippen molar-refractivity contribution in [2.24, 2.45) is 46.8 Å². The van der Waals surface area contributed by atoms with E-state index in [2.05, 4.69) is 0 Å². The molecule has 0 radical (unpaired) electrons. The van der Waals surface area contributed by atoms with E-state index in [-0.39, 0.29) is 116 Å². The summed E-state index contributed by atoms with van der Waals surface area (Å²) in [6.07, 6.45) is 14.8. The van der Waals surface area contributed by atoms with Crippen LogP contribution >= 0.6 is 0 Å².